The van der Waals surface area contributed by atoms with Crippen LogP contribution >= 0.6 is 50.1 Å². The highest BCUT2D eigenvalue weighted by atomic mass is 127. The van der Waals surface area contributed by atoms with Crippen LogP contribution in [0.4, 0.5) is 5.69 Å². The molecule has 0 aliphatic carbocycles. The first-order valence-corrected chi connectivity index (χ1v) is 7.85. The summed E-state index contributed by atoms with van der Waals surface area (Å²) in [6.07, 6.45) is 0. The van der Waals surface area contributed by atoms with E-state index in [0.29, 0.717) is 22.0 Å². The van der Waals surface area contributed by atoms with E-state index >= 15 is 0 Å². The van der Waals surface area contributed by atoms with E-state index in [-0.39, 0.29) is 5.91 Å². The van der Waals surface area contributed by atoms with E-state index < -0.39 is 0 Å². The number of amides is 1. The number of hydrogen-bond donors (Lipinski definition) is 1. The fourth-order valence-electron chi connectivity index (χ4n) is 1.59. The minimum atomic E-state index is -0.219. The van der Waals surface area contributed by atoms with Crippen LogP contribution < -0.4 is 10.1 Å². The number of methoxy groups -OCH3 is 1. The Morgan fingerprint density at radius 1 is 1.30 bits per heavy atom. The smallest absolute Gasteiger partial charge is 0.255 e. The Kier molecular flexibility index (Phi) is 5.29. The Morgan fingerprint density at radius 2 is 2.05 bits per heavy atom. The lowest BCUT2D eigenvalue weighted by molar-refractivity contribution is 0.102. The third-order valence-corrected chi connectivity index (χ3v) is 4.58. The summed E-state index contributed by atoms with van der Waals surface area (Å²) in [5, 5.41) is 3.37. The SMILES string of the molecule is COc1cc(Br)cc(NC(=O)c2ccc(I)c(Cl)c2)c1. The zero-order valence-corrected chi connectivity index (χ0v) is 14.9. The van der Waals surface area contributed by atoms with Gasteiger partial charge in [-0.1, -0.05) is 27.5 Å². The molecule has 6 heteroatoms. The minimum Gasteiger partial charge on any atom is -0.497 e. The standard InChI is InChI=1S/C14H10BrClINO2/c1-20-11-6-9(15)5-10(7-11)18-14(19)8-2-3-13(17)12(16)4-8/h2-7H,1H3,(H,18,19). The van der Waals surface area contributed by atoms with Crippen LogP contribution in [0.1, 0.15) is 10.4 Å². The number of carbonyl (C=O) groups excluding carboxylic acids is 1. The summed E-state index contributed by atoms with van der Waals surface area (Å²) in [6.45, 7) is 0. The van der Waals surface area contributed by atoms with Crippen molar-refractivity contribution in [2.75, 3.05) is 12.4 Å². The van der Waals surface area contributed by atoms with Crippen molar-refractivity contribution in [1.29, 1.82) is 0 Å². The highest BCUT2D eigenvalue weighted by Crippen LogP contribution is 2.25. The molecule has 0 saturated carbocycles. The summed E-state index contributed by atoms with van der Waals surface area (Å²) >= 11 is 11.5. The summed E-state index contributed by atoms with van der Waals surface area (Å²) in [6, 6.07) is 10.6. The van der Waals surface area contributed by atoms with Gasteiger partial charge < -0.3 is 10.1 Å². The van der Waals surface area contributed by atoms with Gasteiger partial charge in [0, 0.05) is 25.4 Å². The molecule has 0 aromatic heterocycles. The molecule has 0 aliphatic rings. The number of rotatable bonds is 3. The van der Waals surface area contributed by atoms with Crippen LogP contribution in [0, 0.1) is 3.57 Å². The highest BCUT2D eigenvalue weighted by Gasteiger charge is 2.09. The molecular formula is C14H10BrClINO2. The third-order valence-electron chi connectivity index (χ3n) is 2.55. The van der Waals surface area contributed by atoms with E-state index in [4.69, 9.17) is 16.3 Å². The molecule has 0 radical (unpaired) electrons. The minimum absolute atomic E-state index is 0.219. The number of anilines is 1. The molecule has 0 unspecified atom stereocenters. The van der Waals surface area contributed by atoms with E-state index in [9.17, 15) is 4.79 Å². The lowest BCUT2D eigenvalue weighted by atomic mass is 10.2. The van der Waals surface area contributed by atoms with Gasteiger partial charge in [0.05, 0.1) is 12.1 Å². The van der Waals surface area contributed by atoms with Crippen molar-refractivity contribution in [3.05, 3.63) is 55.0 Å². The van der Waals surface area contributed by atoms with Crippen molar-refractivity contribution in [3.63, 3.8) is 0 Å². The maximum absolute atomic E-state index is 12.2. The first-order valence-electron chi connectivity index (χ1n) is 5.60. The van der Waals surface area contributed by atoms with Crippen molar-refractivity contribution in [2.24, 2.45) is 0 Å². The summed E-state index contributed by atoms with van der Waals surface area (Å²) in [5.41, 5.74) is 1.16. The average Bonchev–Trinajstić information content (AvgIpc) is 2.41. The van der Waals surface area contributed by atoms with E-state index in [2.05, 4.69) is 43.8 Å². The zero-order chi connectivity index (χ0) is 14.7. The fourth-order valence-corrected chi connectivity index (χ4v) is 2.58. The molecule has 0 fully saturated rings. The van der Waals surface area contributed by atoms with Gasteiger partial charge in [0.25, 0.3) is 5.91 Å². The molecule has 0 saturated heterocycles. The van der Waals surface area contributed by atoms with Crippen molar-refractivity contribution in [2.45, 2.75) is 0 Å². The molecule has 1 N–H and O–H groups in total. The van der Waals surface area contributed by atoms with Crippen molar-refractivity contribution < 1.29 is 9.53 Å². The molecule has 3 nitrogen and oxygen atoms in total. The topological polar surface area (TPSA) is 38.3 Å². The largest absolute Gasteiger partial charge is 0.497 e. The summed E-state index contributed by atoms with van der Waals surface area (Å²) in [5.74, 6) is 0.443. The highest BCUT2D eigenvalue weighted by molar-refractivity contribution is 14.1. The van der Waals surface area contributed by atoms with Crippen LogP contribution in [0.2, 0.25) is 5.02 Å². The molecule has 2 aromatic rings. The van der Waals surface area contributed by atoms with E-state index in [1.165, 1.54) is 0 Å². The van der Waals surface area contributed by atoms with Gasteiger partial charge in [-0.05, 0) is 52.9 Å². The summed E-state index contributed by atoms with van der Waals surface area (Å²) < 4.78 is 6.89. The molecule has 0 aliphatic heterocycles. The van der Waals surface area contributed by atoms with Gasteiger partial charge in [-0.15, -0.1) is 0 Å². The average molecular weight is 466 g/mol. The normalized spacial score (nSPS) is 10.2. The number of halogens is 3. The molecule has 2 rings (SSSR count). The Hall–Kier alpha value is -0.790. The van der Waals surface area contributed by atoms with Crippen LogP contribution in [-0.4, -0.2) is 13.0 Å². The molecule has 20 heavy (non-hydrogen) atoms. The third kappa shape index (κ3) is 3.86. The zero-order valence-electron chi connectivity index (χ0n) is 10.4. The Morgan fingerprint density at radius 3 is 2.70 bits per heavy atom. The van der Waals surface area contributed by atoms with Gasteiger partial charge in [0.1, 0.15) is 5.75 Å². The number of ether oxygens (including phenoxy) is 1. The second kappa shape index (κ2) is 6.78. The Labute approximate surface area is 143 Å². The van der Waals surface area contributed by atoms with Gasteiger partial charge in [-0.2, -0.15) is 0 Å². The monoisotopic (exact) mass is 465 g/mol. The molecule has 0 heterocycles. The quantitative estimate of drug-likeness (QED) is 0.649. The maximum Gasteiger partial charge on any atom is 0.255 e. The molecule has 0 atom stereocenters. The van der Waals surface area contributed by atoms with Crippen LogP contribution in [0.15, 0.2) is 40.9 Å². The molecular weight excluding hydrogens is 456 g/mol. The number of nitrogens with one attached hydrogen (secondary N) is 1. The molecule has 2 aromatic carbocycles. The van der Waals surface area contributed by atoms with Gasteiger partial charge >= 0.3 is 0 Å². The second-order valence-corrected chi connectivity index (χ2v) is 6.45. The predicted molar refractivity (Wildman–Crippen MR) is 92.8 cm³/mol. The van der Waals surface area contributed by atoms with Gasteiger partial charge in [-0.3, -0.25) is 4.79 Å². The van der Waals surface area contributed by atoms with Crippen LogP contribution in [0.5, 0.6) is 5.75 Å². The van der Waals surface area contributed by atoms with Crippen molar-refractivity contribution >= 4 is 61.7 Å². The number of carbonyl (C=O) groups is 1. The van der Waals surface area contributed by atoms with Gasteiger partial charge in [0.15, 0.2) is 0 Å². The molecule has 1 amide bonds. The number of benzene rings is 2. The second-order valence-electron chi connectivity index (χ2n) is 3.96. The first-order chi connectivity index (χ1) is 9.49. The summed E-state index contributed by atoms with van der Waals surface area (Å²) in [4.78, 5) is 12.2. The van der Waals surface area contributed by atoms with Gasteiger partial charge in [-0.25, -0.2) is 0 Å². The fraction of sp³-hybridized carbons (Fsp3) is 0.0714. The summed E-state index contributed by atoms with van der Waals surface area (Å²) in [7, 11) is 1.58. The lowest BCUT2D eigenvalue weighted by Crippen LogP contribution is -2.12. The predicted octanol–water partition coefficient (Wildman–Crippen LogP) is 4.97. The van der Waals surface area contributed by atoms with Crippen LogP contribution in [0.25, 0.3) is 0 Å². The van der Waals surface area contributed by atoms with Crippen molar-refractivity contribution in [3.8, 4) is 5.75 Å². The molecule has 104 valence electrons. The van der Waals surface area contributed by atoms with E-state index in [1.54, 1.807) is 37.4 Å². The molecule has 0 bridgehead atoms. The lowest BCUT2D eigenvalue weighted by Gasteiger charge is -2.09. The Bertz CT molecular complexity index is 664. The maximum atomic E-state index is 12.2. The Balaban J connectivity index is 2.23. The first kappa shape index (κ1) is 15.6. The van der Waals surface area contributed by atoms with Gasteiger partial charge in [0.2, 0.25) is 0 Å². The van der Waals surface area contributed by atoms with E-state index in [1.807, 2.05) is 6.07 Å². The number of hydrogen-bond acceptors (Lipinski definition) is 2. The van der Waals surface area contributed by atoms with Crippen LogP contribution in [0.3, 0.4) is 0 Å². The molecule has 0 spiro atoms. The van der Waals surface area contributed by atoms with Crippen molar-refractivity contribution in [1.82, 2.24) is 0 Å². The van der Waals surface area contributed by atoms with Crippen LogP contribution in [-0.2, 0) is 0 Å². The van der Waals surface area contributed by atoms with E-state index in [0.717, 1.165) is 8.04 Å².